The zero-order valence-electron chi connectivity index (χ0n) is 15.0. The molecule has 0 spiro atoms. The van der Waals surface area contributed by atoms with E-state index < -0.39 is 0 Å². The van der Waals surface area contributed by atoms with Crippen molar-refractivity contribution in [3.63, 3.8) is 0 Å². The lowest BCUT2D eigenvalue weighted by atomic mass is 10.0. The third-order valence-corrected chi connectivity index (χ3v) is 5.02. The second-order valence-electron chi connectivity index (χ2n) is 6.99. The molecule has 2 heterocycles. The molecule has 26 heavy (non-hydrogen) atoms. The Balaban J connectivity index is 1.83. The molecular weight excluding hydrogens is 353 g/mol. The van der Waals surface area contributed by atoms with Crippen LogP contribution in [0.15, 0.2) is 42.6 Å². The van der Waals surface area contributed by atoms with E-state index in [1.165, 1.54) is 12.1 Å². The summed E-state index contributed by atoms with van der Waals surface area (Å²) in [6, 6.07) is 10.1. The zero-order chi connectivity index (χ0) is 18.7. The van der Waals surface area contributed by atoms with Crippen LogP contribution in [0.5, 0.6) is 0 Å². The van der Waals surface area contributed by atoms with Crippen molar-refractivity contribution in [2.75, 3.05) is 18.0 Å². The highest BCUT2D eigenvalue weighted by Gasteiger charge is 2.32. The second-order valence-corrected chi connectivity index (χ2v) is 7.43. The summed E-state index contributed by atoms with van der Waals surface area (Å²) < 4.78 is 13.2. The Kier molecular flexibility index (Phi) is 5.77. The first-order chi connectivity index (χ1) is 12.4. The van der Waals surface area contributed by atoms with E-state index >= 15 is 0 Å². The molecule has 1 fully saturated rings. The van der Waals surface area contributed by atoms with Crippen molar-refractivity contribution in [1.29, 1.82) is 0 Å². The number of carbonyl (C=O) groups is 1. The molecule has 0 unspecified atom stereocenters. The van der Waals surface area contributed by atoms with Crippen LogP contribution in [0.4, 0.5) is 10.2 Å². The van der Waals surface area contributed by atoms with E-state index in [0.717, 1.165) is 11.4 Å². The van der Waals surface area contributed by atoms with Gasteiger partial charge in [0, 0.05) is 32.3 Å². The predicted molar refractivity (Wildman–Crippen MR) is 102 cm³/mol. The summed E-state index contributed by atoms with van der Waals surface area (Å²) in [7, 11) is 0. The van der Waals surface area contributed by atoms with E-state index in [9.17, 15) is 9.18 Å². The normalized spacial score (nSPS) is 18.3. The zero-order valence-corrected chi connectivity index (χ0v) is 15.8. The molecule has 138 valence electrons. The van der Waals surface area contributed by atoms with Gasteiger partial charge in [0.1, 0.15) is 11.6 Å². The lowest BCUT2D eigenvalue weighted by Crippen LogP contribution is -2.46. The number of carbonyl (C=O) groups excluding carboxylic acids is 1. The van der Waals surface area contributed by atoms with Crippen LogP contribution in [-0.2, 0) is 11.3 Å². The molecular formula is C20H23ClFN3O. The topological polar surface area (TPSA) is 36.4 Å². The van der Waals surface area contributed by atoms with Crippen molar-refractivity contribution in [2.24, 2.45) is 5.92 Å². The van der Waals surface area contributed by atoms with Crippen LogP contribution in [0.25, 0.3) is 0 Å². The average molecular weight is 376 g/mol. The number of amides is 1. The fourth-order valence-electron chi connectivity index (χ4n) is 3.30. The van der Waals surface area contributed by atoms with E-state index in [4.69, 9.17) is 11.6 Å². The number of pyridine rings is 1. The number of hydrogen-bond donors (Lipinski definition) is 0. The molecule has 0 saturated carbocycles. The Hall–Kier alpha value is -2.14. The van der Waals surface area contributed by atoms with E-state index in [0.29, 0.717) is 31.1 Å². The van der Waals surface area contributed by atoms with Crippen LogP contribution in [0.1, 0.15) is 25.8 Å². The Morgan fingerprint density at radius 2 is 1.96 bits per heavy atom. The number of benzene rings is 1. The maximum absolute atomic E-state index is 13.2. The molecule has 0 bridgehead atoms. The van der Waals surface area contributed by atoms with Crippen LogP contribution in [0.2, 0.25) is 5.02 Å². The van der Waals surface area contributed by atoms with Gasteiger partial charge in [-0.15, -0.1) is 0 Å². The monoisotopic (exact) mass is 375 g/mol. The number of nitrogens with zero attached hydrogens (tertiary/aromatic N) is 3. The van der Waals surface area contributed by atoms with Crippen molar-refractivity contribution in [2.45, 2.75) is 32.9 Å². The van der Waals surface area contributed by atoms with Crippen molar-refractivity contribution in [3.05, 3.63) is 59.0 Å². The summed E-state index contributed by atoms with van der Waals surface area (Å²) in [5.41, 5.74) is 0.934. The summed E-state index contributed by atoms with van der Waals surface area (Å²) in [6.45, 7) is 6.06. The third kappa shape index (κ3) is 4.33. The smallest absolute Gasteiger partial charge is 0.224 e. The summed E-state index contributed by atoms with van der Waals surface area (Å²) in [4.78, 5) is 21.3. The van der Waals surface area contributed by atoms with Crippen molar-refractivity contribution >= 4 is 23.3 Å². The minimum atomic E-state index is -0.267. The van der Waals surface area contributed by atoms with Crippen LogP contribution in [0, 0.1) is 11.7 Å². The minimum Gasteiger partial charge on any atom is -0.354 e. The second kappa shape index (κ2) is 8.04. The van der Waals surface area contributed by atoms with Gasteiger partial charge < -0.3 is 9.80 Å². The van der Waals surface area contributed by atoms with Gasteiger partial charge in [-0.05, 0) is 35.7 Å². The molecule has 1 aromatic carbocycles. The maximum Gasteiger partial charge on any atom is 0.224 e. The fourth-order valence-corrected chi connectivity index (χ4v) is 3.41. The Morgan fingerprint density at radius 1 is 1.23 bits per heavy atom. The standard InChI is InChI=1S/C20H23ClFN3O/c1-14(2)18-13-24(19-8-5-16(21)11-23-19)10-9-20(26)25(18)12-15-3-6-17(22)7-4-15/h3-8,11,14,18H,9-10,12-13H2,1-2H3/t18-/m0/s1. The van der Waals surface area contributed by atoms with Gasteiger partial charge in [-0.1, -0.05) is 37.6 Å². The summed E-state index contributed by atoms with van der Waals surface area (Å²) >= 11 is 5.94. The van der Waals surface area contributed by atoms with E-state index in [1.807, 2.05) is 17.0 Å². The molecule has 0 N–H and O–H groups in total. The van der Waals surface area contributed by atoms with Crippen LogP contribution >= 0.6 is 11.6 Å². The first-order valence-corrected chi connectivity index (χ1v) is 9.22. The molecule has 4 nitrogen and oxygen atoms in total. The lowest BCUT2D eigenvalue weighted by Gasteiger charge is -2.35. The molecule has 6 heteroatoms. The Bertz CT molecular complexity index is 749. The molecule has 1 aliphatic rings. The summed E-state index contributed by atoms with van der Waals surface area (Å²) in [5.74, 6) is 0.963. The first kappa shape index (κ1) is 18.6. The fraction of sp³-hybridized carbons (Fsp3) is 0.400. The summed E-state index contributed by atoms with van der Waals surface area (Å²) in [5, 5.41) is 0.595. The minimum absolute atomic E-state index is 0.0486. The van der Waals surface area contributed by atoms with Gasteiger partial charge in [0.25, 0.3) is 0 Å². The highest BCUT2D eigenvalue weighted by atomic mass is 35.5. The van der Waals surface area contributed by atoms with Gasteiger partial charge >= 0.3 is 0 Å². The van der Waals surface area contributed by atoms with Gasteiger partial charge in [0.15, 0.2) is 0 Å². The predicted octanol–water partition coefficient (Wildman–Crippen LogP) is 4.14. The Morgan fingerprint density at radius 3 is 2.58 bits per heavy atom. The number of rotatable bonds is 4. The SMILES string of the molecule is CC(C)[C@@H]1CN(c2ccc(Cl)cn2)CCC(=O)N1Cc1ccc(F)cc1. The molecule has 1 atom stereocenters. The van der Waals surface area contributed by atoms with E-state index in [-0.39, 0.29) is 23.7 Å². The average Bonchev–Trinajstić information content (AvgIpc) is 2.78. The van der Waals surface area contributed by atoms with Gasteiger partial charge in [-0.2, -0.15) is 0 Å². The molecule has 0 radical (unpaired) electrons. The molecule has 1 amide bonds. The van der Waals surface area contributed by atoms with Crippen LogP contribution in [-0.4, -0.2) is 34.9 Å². The number of halogens is 2. The highest BCUT2D eigenvalue weighted by molar-refractivity contribution is 6.30. The summed E-state index contributed by atoms with van der Waals surface area (Å²) in [6.07, 6.45) is 2.05. The molecule has 1 aliphatic heterocycles. The molecule has 1 aromatic heterocycles. The Labute approximate surface area is 158 Å². The van der Waals surface area contributed by atoms with Gasteiger partial charge in [-0.3, -0.25) is 4.79 Å². The number of aromatic nitrogens is 1. The molecule has 0 aliphatic carbocycles. The highest BCUT2D eigenvalue weighted by Crippen LogP contribution is 2.24. The maximum atomic E-state index is 13.2. The largest absolute Gasteiger partial charge is 0.354 e. The molecule has 3 rings (SSSR count). The van der Waals surface area contributed by atoms with E-state index in [2.05, 4.69) is 23.7 Å². The number of hydrogen-bond acceptors (Lipinski definition) is 3. The van der Waals surface area contributed by atoms with Crippen molar-refractivity contribution in [1.82, 2.24) is 9.88 Å². The number of anilines is 1. The van der Waals surface area contributed by atoms with Gasteiger partial charge in [-0.25, -0.2) is 9.37 Å². The van der Waals surface area contributed by atoms with Crippen LogP contribution < -0.4 is 4.90 Å². The van der Waals surface area contributed by atoms with E-state index in [1.54, 1.807) is 18.3 Å². The first-order valence-electron chi connectivity index (χ1n) is 8.84. The van der Waals surface area contributed by atoms with Crippen LogP contribution in [0.3, 0.4) is 0 Å². The lowest BCUT2D eigenvalue weighted by molar-refractivity contribution is -0.134. The van der Waals surface area contributed by atoms with Gasteiger partial charge in [0.2, 0.25) is 5.91 Å². The van der Waals surface area contributed by atoms with Crippen molar-refractivity contribution in [3.8, 4) is 0 Å². The van der Waals surface area contributed by atoms with Crippen molar-refractivity contribution < 1.29 is 9.18 Å². The molecule has 2 aromatic rings. The van der Waals surface area contributed by atoms with Gasteiger partial charge in [0.05, 0.1) is 11.1 Å². The quantitative estimate of drug-likeness (QED) is 0.805. The molecule has 1 saturated heterocycles. The third-order valence-electron chi connectivity index (χ3n) is 4.80.